The molecule has 25 heavy (non-hydrogen) atoms. The smallest absolute Gasteiger partial charge is 0.311 e. The summed E-state index contributed by atoms with van der Waals surface area (Å²) in [6.07, 6.45) is 1.50. The molecular formula is C19H22N2O4. The summed E-state index contributed by atoms with van der Waals surface area (Å²) in [6, 6.07) is 9.60. The molecule has 0 bridgehead atoms. The number of aliphatic carboxylic acids is 1. The number of aromatic nitrogens is 1. The van der Waals surface area contributed by atoms with Gasteiger partial charge in [-0.05, 0) is 30.9 Å². The third-order valence-electron chi connectivity index (χ3n) is 4.81. The van der Waals surface area contributed by atoms with Gasteiger partial charge in [-0.15, -0.1) is 0 Å². The fourth-order valence-electron chi connectivity index (χ4n) is 3.60. The molecule has 3 rings (SSSR count). The lowest BCUT2D eigenvalue weighted by Crippen LogP contribution is -2.51. The number of benzene rings is 1. The molecule has 2 unspecified atom stereocenters. The Morgan fingerprint density at radius 1 is 1.20 bits per heavy atom. The van der Waals surface area contributed by atoms with Crippen molar-refractivity contribution >= 4 is 11.9 Å². The SMILES string of the molecule is Cc1cn(C)c(C(=O)N2CCCC(C(=O)O)C2O)c1-c1ccccc1. The van der Waals surface area contributed by atoms with Crippen molar-refractivity contribution in [2.24, 2.45) is 13.0 Å². The Hall–Kier alpha value is -2.60. The number of amides is 1. The van der Waals surface area contributed by atoms with E-state index in [1.54, 1.807) is 11.6 Å². The number of hydrogen-bond acceptors (Lipinski definition) is 3. The summed E-state index contributed by atoms with van der Waals surface area (Å²) in [5, 5.41) is 19.7. The molecule has 1 aromatic heterocycles. The standard InChI is InChI=1S/C19H22N2O4/c1-12-11-20(2)16(15(12)13-7-4-3-5-8-13)18(23)21-10-6-9-14(17(21)22)19(24)25/h3-5,7-8,11,14,17,22H,6,9-10H2,1-2H3,(H,24,25). The van der Waals surface area contributed by atoms with Crippen LogP contribution in [0, 0.1) is 12.8 Å². The zero-order valence-corrected chi connectivity index (χ0v) is 14.3. The molecule has 2 atom stereocenters. The van der Waals surface area contributed by atoms with Crippen LogP contribution in [-0.4, -0.2) is 44.3 Å². The lowest BCUT2D eigenvalue weighted by molar-refractivity contribution is -0.153. The van der Waals surface area contributed by atoms with Crippen LogP contribution < -0.4 is 0 Å². The quantitative estimate of drug-likeness (QED) is 0.896. The molecule has 0 spiro atoms. The Balaban J connectivity index is 2.02. The predicted octanol–water partition coefficient (Wildman–Crippen LogP) is 2.26. The van der Waals surface area contributed by atoms with Gasteiger partial charge in [0, 0.05) is 25.4 Å². The molecule has 132 valence electrons. The maximum Gasteiger partial charge on any atom is 0.311 e. The Bertz CT molecular complexity index is 797. The van der Waals surface area contributed by atoms with Crippen molar-refractivity contribution in [3.8, 4) is 11.1 Å². The summed E-state index contributed by atoms with van der Waals surface area (Å²) in [5.74, 6) is -2.36. The summed E-state index contributed by atoms with van der Waals surface area (Å²) in [5.41, 5.74) is 3.16. The summed E-state index contributed by atoms with van der Waals surface area (Å²) >= 11 is 0. The largest absolute Gasteiger partial charge is 0.481 e. The van der Waals surface area contributed by atoms with Crippen LogP contribution in [0.1, 0.15) is 28.9 Å². The number of hydrogen-bond donors (Lipinski definition) is 2. The summed E-state index contributed by atoms with van der Waals surface area (Å²) < 4.78 is 1.75. The highest BCUT2D eigenvalue weighted by atomic mass is 16.4. The van der Waals surface area contributed by atoms with E-state index < -0.39 is 18.1 Å². The number of carboxylic acids is 1. The van der Waals surface area contributed by atoms with Gasteiger partial charge >= 0.3 is 5.97 Å². The number of aliphatic hydroxyl groups is 1. The van der Waals surface area contributed by atoms with Gasteiger partial charge in [0.25, 0.3) is 5.91 Å². The second-order valence-electron chi connectivity index (χ2n) is 6.51. The zero-order valence-electron chi connectivity index (χ0n) is 14.3. The molecule has 1 aliphatic heterocycles. The average molecular weight is 342 g/mol. The first-order chi connectivity index (χ1) is 11.9. The number of likely N-dealkylation sites (tertiary alicyclic amines) is 1. The maximum atomic E-state index is 13.2. The van der Waals surface area contributed by atoms with E-state index in [4.69, 9.17) is 0 Å². The lowest BCUT2D eigenvalue weighted by Gasteiger charge is -2.36. The molecule has 2 heterocycles. The second kappa shape index (κ2) is 6.72. The van der Waals surface area contributed by atoms with E-state index in [0.717, 1.165) is 16.7 Å². The number of nitrogens with zero attached hydrogens (tertiary/aromatic N) is 2. The molecule has 1 fully saturated rings. The minimum atomic E-state index is -1.31. The first-order valence-electron chi connectivity index (χ1n) is 8.35. The minimum absolute atomic E-state index is 0.340. The molecule has 6 heteroatoms. The van der Waals surface area contributed by atoms with Crippen molar-refractivity contribution in [1.82, 2.24) is 9.47 Å². The molecule has 2 N–H and O–H groups in total. The van der Waals surface area contributed by atoms with Crippen LogP contribution in [0.4, 0.5) is 0 Å². The first kappa shape index (κ1) is 17.2. The van der Waals surface area contributed by atoms with Crippen molar-refractivity contribution in [1.29, 1.82) is 0 Å². The average Bonchev–Trinajstić information content (AvgIpc) is 2.89. The molecular weight excluding hydrogens is 320 g/mol. The molecule has 6 nitrogen and oxygen atoms in total. The van der Waals surface area contributed by atoms with E-state index >= 15 is 0 Å². The molecule has 0 saturated carbocycles. The van der Waals surface area contributed by atoms with E-state index in [1.165, 1.54) is 4.90 Å². The van der Waals surface area contributed by atoms with Crippen LogP contribution in [0.25, 0.3) is 11.1 Å². The molecule has 1 saturated heterocycles. The Morgan fingerprint density at radius 3 is 2.52 bits per heavy atom. The third kappa shape index (κ3) is 3.05. The van der Waals surface area contributed by atoms with Gasteiger partial charge in [0.15, 0.2) is 0 Å². The monoisotopic (exact) mass is 342 g/mol. The number of carbonyl (C=O) groups is 2. The summed E-state index contributed by atoms with van der Waals surface area (Å²) in [6.45, 7) is 2.29. The van der Waals surface area contributed by atoms with Gasteiger partial charge < -0.3 is 19.7 Å². The zero-order chi connectivity index (χ0) is 18.1. The topological polar surface area (TPSA) is 82.8 Å². The fraction of sp³-hybridized carbons (Fsp3) is 0.368. The number of rotatable bonds is 3. The summed E-state index contributed by atoms with van der Waals surface area (Å²) in [4.78, 5) is 25.8. The highest BCUT2D eigenvalue weighted by Gasteiger charge is 2.38. The van der Waals surface area contributed by atoms with Crippen molar-refractivity contribution < 1.29 is 19.8 Å². The van der Waals surface area contributed by atoms with Crippen molar-refractivity contribution in [2.75, 3.05) is 6.54 Å². The Kier molecular flexibility index (Phi) is 4.63. The van der Waals surface area contributed by atoms with Gasteiger partial charge in [-0.1, -0.05) is 30.3 Å². The Labute approximate surface area is 146 Å². The molecule has 1 aliphatic rings. The number of carboxylic acid groups (broad SMARTS) is 1. The fourth-order valence-corrected chi connectivity index (χ4v) is 3.60. The van der Waals surface area contributed by atoms with Gasteiger partial charge in [0.2, 0.25) is 0 Å². The van der Waals surface area contributed by atoms with Crippen LogP contribution in [0.2, 0.25) is 0 Å². The van der Waals surface area contributed by atoms with Gasteiger partial charge in [-0.25, -0.2) is 0 Å². The molecule has 2 aromatic rings. The predicted molar refractivity (Wildman–Crippen MR) is 93.0 cm³/mol. The van der Waals surface area contributed by atoms with Crippen LogP contribution in [0.3, 0.4) is 0 Å². The number of carbonyl (C=O) groups excluding carboxylic acids is 1. The first-order valence-corrected chi connectivity index (χ1v) is 8.35. The van der Waals surface area contributed by atoms with Gasteiger partial charge in [-0.3, -0.25) is 9.59 Å². The highest BCUT2D eigenvalue weighted by Crippen LogP contribution is 2.32. The number of aryl methyl sites for hydroxylation is 2. The van der Waals surface area contributed by atoms with Gasteiger partial charge in [0.05, 0.1) is 0 Å². The number of aliphatic hydroxyl groups excluding tert-OH is 1. The van der Waals surface area contributed by atoms with Crippen molar-refractivity contribution in [3.63, 3.8) is 0 Å². The van der Waals surface area contributed by atoms with Crippen molar-refractivity contribution in [2.45, 2.75) is 26.0 Å². The maximum absolute atomic E-state index is 13.2. The van der Waals surface area contributed by atoms with Gasteiger partial charge in [-0.2, -0.15) is 0 Å². The molecule has 0 radical (unpaired) electrons. The van der Waals surface area contributed by atoms with E-state index in [2.05, 4.69) is 0 Å². The van der Waals surface area contributed by atoms with E-state index in [1.807, 2.05) is 43.5 Å². The van der Waals surface area contributed by atoms with E-state index in [0.29, 0.717) is 25.1 Å². The Morgan fingerprint density at radius 2 is 1.88 bits per heavy atom. The second-order valence-corrected chi connectivity index (χ2v) is 6.51. The van der Waals surface area contributed by atoms with Gasteiger partial charge in [0.1, 0.15) is 17.8 Å². The van der Waals surface area contributed by atoms with E-state index in [9.17, 15) is 19.8 Å². The minimum Gasteiger partial charge on any atom is -0.481 e. The van der Waals surface area contributed by atoms with Crippen LogP contribution in [-0.2, 0) is 11.8 Å². The highest BCUT2D eigenvalue weighted by molar-refractivity contribution is 6.01. The van der Waals surface area contributed by atoms with Crippen LogP contribution >= 0.6 is 0 Å². The molecule has 1 amide bonds. The molecule has 1 aromatic carbocycles. The summed E-state index contributed by atoms with van der Waals surface area (Å²) in [7, 11) is 1.79. The normalized spacial score (nSPS) is 20.5. The van der Waals surface area contributed by atoms with Crippen molar-refractivity contribution in [3.05, 3.63) is 47.8 Å². The lowest BCUT2D eigenvalue weighted by atomic mass is 9.95. The van der Waals surface area contributed by atoms with Crippen LogP contribution in [0.5, 0.6) is 0 Å². The third-order valence-corrected chi connectivity index (χ3v) is 4.81. The van der Waals surface area contributed by atoms with Crippen LogP contribution in [0.15, 0.2) is 36.5 Å². The molecule has 0 aliphatic carbocycles. The number of piperidine rings is 1. The van der Waals surface area contributed by atoms with E-state index in [-0.39, 0.29) is 5.91 Å².